The van der Waals surface area contributed by atoms with Crippen LogP contribution in [0.2, 0.25) is 5.02 Å². The summed E-state index contributed by atoms with van der Waals surface area (Å²) < 4.78 is 0. The predicted octanol–water partition coefficient (Wildman–Crippen LogP) is 5.68. The standard InChI is InChI=1S/C26H19ClN2O2/c27-22-10-4-1-9-20(22)25(30)15-21-19-8-3-6-12-24(19)29(26(21)31)14-13-17-16-28-23-11-5-2-7-18(17)23/h1-12,15-16,28H,13-14H2/b21-15+. The van der Waals surface area contributed by atoms with Gasteiger partial charge in [0.05, 0.1) is 16.3 Å². The number of carbonyl (C=O) groups is 2. The van der Waals surface area contributed by atoms with E-state index in [0.717, 1.165) is 27.7 Å². The summed E-state index contributed by atoms with van der Waals surface area (Å²) in [6.45, 7) is 0.523. The van der Waals surface area contributed by atoms with E-state index >= 15 is 0 Å². The lowest BCUT2D eigenvalue weighted by molar-refractivity contribution is -0.113. The molecule has 0 spiro atoms. The summed E-state index contributed by atoms with van der Waals surface area (Å²) in [6, 6.07) is 22.6. The Hall–Kier alpha value is -3.63. The monoisotopic (exact) mass is 426 g/mol. The summed E-state index contributed by atoms with van der Waals surface area (Å²) in [4.78, 5) is 31.2. The molecule has 1 aromatic heterocycles. The maximum atomic E-state index is 13.3. The van der Waals surface area contributed by atoms with Crippen molar-refractivity contribution in [1.82, 2.24) is 4.98 Å². The molecule has 3 aromatic carbocycles. The van der Waals surface area contributed by atoms with Gasteiger partial charge in [0.2, 0.25) is 0 Å². The van der Waals surface area contributed by atoms with Gasteiger partial charge in [0.25, 0.3) is 5.91 Å². The van der Waals surface area contributed by atoms with Crippen molar-refractivity contribution >= 4 is 45.5 Å². The molecule has 4 aromatic rings. The molecule has 5 heteroatoms. The summed E-state index contributed by atoms with van der Waals surface area (Å²) in [5.41, 5.74) is 4.62. The molecule has 5 rings (SSSR count). The zero-order chi connectivity index (χ0) is 21.4. The minimum Gasteiger partial charge on any atom is -0.361 e. The topological polar surface area (TPSA) is 53.2 Å². The van der Waals surface area contributed by atoms with E-state index in [1.807, 2.05) is 48.7 Å². The van der Waals surface area contributed by atoms with Crippen LogP contribution in [0.15, 0.2) is 85.1 Å². The number of amides is 1. The molecule has 0 fully saturated rings. The van der Waals surface area contributed by atoms with Crippen molar-refractivity contribution in [3.05, 3.63) is 107 Å². The SMILES string of the molecule is O=C(/C=C1/C(=O)N(CCc2c[nH]c3ccccc23)c2ccccc21)c1ccccc1Cl. The summed E-state index contributed by atoms with van der Waals surface area (Å²) in [7, 11) is 0. The third-order valence-electron chi connectivity index (χ3n) is 5.65. The number of hydrogen-bond donors (Lipinski definition) is 1. The molecule has 0 bridgehead atoms. The molecule has 0 atom stereocenters. The maximum Gasteiger partial charge on any atom is 0.259 e. The van der Waals surface area contributed by atoms with E-state index in [1.54, 1.807) is 29.2 Å². The number of rotatable bonds is 5. The Labute approximate surface area is 184 Å². The first-order valence-electron chi connectivity index (χ1n) is 10.1. The Bertz CT molecular complexity index is 1350. The Morgan fingerprint density at radius 1 is 0.968 bits per heavy atom. The summed E-state index contributed by atoms with van der Waals surface area (Å²) in [5.74, 6) is -0.441. The predicted molar refractivity (Wildman–Crippen MR) is 125 cm³/mol. The van der Waals surface area contributed by atoms with Crippen LogP contribution in [-0.4, -0.2) is 23.2 Å². The van der Waals surface area contributed by atoms with Gasteiger partial charge in [-0.05, 0) is 42.3 Å². The highest BCUT2D eigenvalue weighted by Crippen LogP contribution is 2.37. The number of aromatic amines is 1. The zero-order valence-corrected chi connectivity index (χ0v) is 17.4. The molecular formula is C26H19ClN2O2. The van der Waals surface area contributed by atoms with Crippen LogP contribution in [0.25, 0.3) is 16.5 Å². The number of nitrogens with one attached hydrogen (secondary N) is 1. The van der Waals surface area contributed by atoms with Gasteiger partial charge in [-0.2, -0.15) is 0 Å². The number of H-pyrrole nitrogens is 1. The smallest absolute Gasteiger partial charge is 0.259 e. The number of nitrogens with zero attached hydrogens (tertiary/aromatic N) is 1. The number of para-hydroxylation sites is 2. The summed E-state index contributed by atoms with van der Waals surface area (Å²) in [6.07, 6.45) is 4.11. The van der Waals surface area contributed by atoms with Gasteiger partial charge in [-0.15, -0.1) is 0 Å². The largest absolute Gasteiger partial charge is 0.361 e. The number of halogens is 1. The number of anilines is 1. The molecule has 152 valence electrons. The van der Waals surface area contributed by atoms with Gasteiger partial charge in [-0.1, -0.05) is 60.1 Å². The maximum absolute atomic E-state index is 13.3. The molecule has 2 heterocycles. The van der Waals surface area contributed by atoms with Crippen molar-refractivity contribution in [3.63, 3.8) is 0 Å². The molecule has 0 saturated heterocycles. The lowest BCUT2D eigenvalue weighted by Crippen LogP contribution is -2.28. The van der Waals surface area contributed by atoms with Crippen LogP contribution < -0.4 is 4.90 Å². The van der Waals surface area contributed by atoms with Crippen LogP contribution in [-0.2, 0) is 11.2 Å². The number of fused-ring (bicyclic) bond motifs is 2. The molecule has 1 aliphatic heterocycles. The van der Waals surface area contributed by atoms with Crippen molar-refractivity contribution in [2.24, 2.45) is 0 Å². The van der Waals surface area contributed by atoms with Crippen molar-refractivity contribution < 1.29 is 9.59 Å². The van der Waals surface area contributed by atoms with Crippen molar-refractivity contribution in [2.45, 2.75) is 6.42 Å². The normalized spacial score (nSPS) is 14.4. The third kappa shape index (κ3) is 3.45. The lowest BCUT2D eigenvalue weighted by atomic mass is 10.0. The zero-order valence-electron chi connectivity index (χ0n) is 16.6. The van der Waals surface area contributed by atoms with Crippen LogP contribution in [0, 0.1) is 0 Å². The number of aromatic nitrogens is 1. The van der Waals surface area contributed by atoms with Gasteiger partial charge in [0.1, 0.15) is 0 Å². The van der Waals surface area contributed by atoms with Crippen LogP contribution in [0.5, 0.6) is 0 Å². The van der Waals surface area contributed by atoms with Crippen LogP contribution in [0.3, 0.4) is 0 Å². The molecule has 1 amide bonds. The van der Waals surface area contributed by atoms with E-state index in [9.17, 15) is 9.59 Å². The number of benzene rings is 3. The van der Waals surface area contributed by atoms with Gasteiger partial charge >= 0.3 is 0 Å². The number of ketones is 1. The Morgan fingerprint density at radius 3 is 2.58 bits per heavy atom. The Kier molecular flexibility index (Phi) is 4.92. The van der Waals surface area contributed by atoms with Gasteiger partial charge < -0.3 is 9.88 Å². The second-order valence-electron chi connectivity index (χ2n) is 7.49. The van der Waals surface area contributed by atoms with Crippen LogP contribution in [0.4, 0.5) is 5.69 Å². The van der Waals surface area contributed by atoms with E-state index < -0.39 is 0 Å². The molecular weight excluding hydrogens is 408 g/mol. The lowest BCUT2D eigenvalue weighted by Gasteiger charge is -2.16. The fourth-order valence-corrected chi connectivity index (χ4v) is 4.34. The van der Waals surface area contributed by atoms with Crippen LogP contribution >= 0.6 is 11.6 Å². The van der Waals surface area contributed by atoms with Gasteiger partial charge in [-0.25, -0.2) is 0 Å². The minimum atomic E-state index is -0.276. The average molecular weight is 427 g/mol. The van der Waals surface area contributed by atoms with Crippen molar-refractivity contribution in [3.8, 4) is 0 Å². The number of allylic oxidation sites excluding steroid dienone is 1. The highest BCUT2D eigenvalue weighted by molar-refractivity contribution is 6.38. The third-order valence-corrected chi connectivity index (χ3v) is 5.98. The van der Waals surface area contributed by atoms with E-state index in [0.29, 0.717) is 29.1 Å². The molecule has 0 aliphatic carbocycles. The van der Waals surface area contributed by atoms with Gasteiger partial charge in [0.15, 0.2) is 5.78 Å². The van der Waals surface area contributed by atoms with E-state index in [4.69, 9.17) is 11.6 Å². The number of hydrogen-bond acceptors (Lipinski definition) is 2. The quantitative estimate of drug-likeness (QED) is 0.330. The molecule has 31 heavy (non-hydrogen) atoms. The second kappa shape index (κ2) is 7.89. The van der Waals surface area contributed by atoms with Crippen molar-refractivity contribution in [1.29, 1.82) is 0 Å². The second-order valence-corrected chi connectivity index (χ2v) is 7.89. The number of carbonyl (C=O) groups excluding carboxylic acids is 2. The highest BCUT2D eigenvalue weighted by atomic mass is 35.5. The first-order chi connectivity index (χ1) is 15.1. The van der Waals surface area contributed by atoms with E-state index in [1.165, 1.54) is 6.08 Å². The fraction of sp³-hybridized carbons (Fsp3) is 0.0769. The molecule has 0 unspecified atom stereocenters. The van der Waals surface area contributed by atoms with Crippen LogP contribution in [0.1, 0.15) is 21.5 Å². The van der Waals surface area contributed by atoms with Gasteiger partial charge in [-0.3, -0.25) is 9.59 Å². The Balaban J connectivity index is 1.46. The Morgan fingerprint density at radius 2 is 1.71 bits per heavy atom. The molecule has 4 nitrogen and oxygen atoms in total. The first kappa shape index (κ1) is 19.3. The summed E-state index contributed by atoms with van der Waals surface area (Å²) >= 11 is 6.18. The van der Waals surface area contributed by atoms with Gasteiger partial charge in [0, 0.05) is 34.8 Å². The highest BCUT2D eigenvalue weighted by Gasteiger charge is 2.32. The average Bonchev–Trinajstić information content (AvgIpc) is 3.32. The molecule has 0 radical (unpaired) electrons. The first-order valence-corrected chi connectivity index (χ1v) is 10.5. The minimum absolute atomic E-state index is 0.165. The molecule has 0 saturated carbocycles. The summed E-state index contributed by atoms with van der Waals surface area (Å²) in [5, 5.41) is 1.53. The molecule has 1 aliphatic rings. The molecule has 1 N–H and O–H groups in total. The van der Waals surface area contributed by atoms with Crippen molar-refractivity contribution in [2.75, 3.05) is 11.4 Å². The fourth-order valence-electron chi connectivity index (χ4n) is 4.11. The van der Waals surface area contributed by atoms with E-state index in [-0.39, 0.29) is 11.7 Å². The van der Waals surface area contributed by atoms with E-state index in [2.05, 4.69) is 11.1 Å².